The first-order chi connectivity index (χ1) is 39.0. The van der Waals surface area contributed by atoms with Crippen LogP contribution in [0.3, 0.4) is 0 Å². The summed E-state index contributed by atoms with van der Waals surface area (Å²) in [5, 5.41) is 0. The Morgan fingerprint density at radius 3 is 1.51 bits per heavy atom. The van der Waals surface area contributed by atoms with E-state index in [1.54, 1.807) is 0 Å². The van der Waals surface area contributed by atoms with Crippen LogP contribution in [0.1, 0.15) is 201 Å². The molecular formula is C79H90BN3. The van der Waals surface area contributed by atoms with E-state index in [4.69, 9.17) is 0 Å². The predicted octanol–water partition coefficient (Wildman–Crippen LogP) is 19.7. The molecule has 1 fully saturated rings. The van der Waals surface area contributed by atoms with Gasteiger partial charge in [0.2, 0.25) is 0 Å². The van der Waals surface area contributed by atoms with Crippen LogP contribution >= 0.6 is 0 Å². The molecule has 3 heterocycles. The van der Waals surface area contributed by atoms with Gasteiger partial charge in [-0.3, -0.25) is 0 Å². The largest absolute Gasteiger partial charge is 0.334 e. The summed E-state index contributed by atoms with van der Waals surface area (Å²) < 4.78 is 0. The van der Waals surface area contributed by atoms with E-state index in [-0.39, 0.29) is 50.2 Å². The lowest BCUT2D eigenvalue weighted by Crippen LogP contribution is -2.62. The minimum atomic E-state index is -0.230. The van der Waals surface area contributed by atoms with Gasteiger partial charge in [-0.15, -0.1) is 0 Å². The lowest BCUT2D eigenvalue weighted by Gasteiger charge is -2.52. The normalized spacial score (nSPS) is 20.5. The van der Waals surface area contributed by atoms with Crippen molar-refractivity contribution in [2.75, 3.05) is 14.7 Å². The van der Waals surface area contributed by atoms with Gasteiger partial charge in [-0.05, 0) is 192 Å². The Bertz CT molecular complexity index is 3870. The summed E-state index contributed by atoms with van der Waals surface area (Å²) in [4.78, 5) is 8.25. The smallest absolute Gasteiger partial charge is 0.252 e. The van der Waals surface area contributed by atoms with Crippen molar-refractivity contribution in [2.45, 2.75) is 200 Å². The van der Waals surface area contributed by atoms with Crippen molar-refractivity contribution in [2.24, 2.45) is 0 Å². The molecule has 0 bridgehead atoms. The van der Waals surface area contributed by atoms with E-state index < -0.39 is 0 Å². The molecule has 4 heteroatoms. The van der Waals surface area contributed by atoms with Crippen molar-refractivity contribution < 1.29 is 0 Å². The van der Waals surface area contributed by atoms with E-state index in [1.807, 2.05) is 0 Å². The minimum Gasteiger partial charge on any atom is -0.334 e. The van der Waals surface area contributed by atoms with Gasteiger partial charge in [0.1, 0.15) is 0 Å². The number of hydrogen-bond donors (Lipinski definition) is 0. The van der Waals surface area contributed by atoms with Crippen LogP contribution in [0.5, 0.6) is 0 Å². The molecule has 8 aromatic carbocycles. The highest BCUT2D eigenvalue weighted by atomic mass is 15.3. The van der Waals surface area contributed by atoms with Crippen molar-refractivity contribution in [3.63, 3.8) is 0 Å². The van der Waals surface area contributed by atoms with E-state index in [9.17, 15) is 0 Å². The maximum atomic E-state index is 2.83. The van der Waals surface area contributed by atoms with Crippen molar-refractivity contribution >= 4 is 68.6 Å². The third kappa shape index (κ3) is 8.55. The Morgan fingerprint density at radius 1 is 0.373 bits per heavy atom. The second-order valence-corrected chi connectivity index (χ2v) is 31.5. The molecule has 8 aromatic rings. The summed E-state index contributed by atoms with van der Waals surface area (Å²) in [7, 11) is 0. The van der Waals surface area contributed by atoms with Crippen molar-refractivity contribution in [1.29, 1.82) is 0 Å². The summed E-state index contributed by atoms with van der Waals surface area (Å²) in [6, 6.07) is 65.7. The molecule has 5 aliphatic rings. The molecule has 1 saturated carbocycles. The van der Waals surface area contributed by atoms with Gasteiger partial charge in [0, 0.05) is 50.8 Å². The number of rotatable bonds is 5. The maximum absolute atomic E-state index is 2.83. The first-order valence-corrected chi connectivity index (χ1v) is 31.5. The summed E-state index contributed by atoms with van der Waals surface area (Å²) in [5.41, 5.74) is 27.4. The molecule has 3 nitrogen and oxygen atoms in total. The van der Waals surface area contributed by atoms with Gasteiger partial charge in [-0.25, -0.2) is 0 Å². The van der Waals surface area contributed by atoms with Crippen molar-refractivity contribution in [3.8, 4) is 11.1 Å². The third-order valence-corrected chi connectivity index (χ3v) is 21.0. The molecule has 0 N–H and O–H groups in total. The van der Waals surface area contributed by atoms with Gasteiger partial charge in [0.05, 0.1) is 11.2 Å². The summed E-state index contributed by atoms with van der Waals surface area (Å²) >= 11 is 0. The van der Waals surface area contributed by atoms with E-state index in [0.717, 1.165) is 25.7 Å². The number of hydrogen-bond acceptors (Lipinski definition) is 3. The Kier molecular flexibility index (Phi) is 12.4. The lowest BCUT2D eigenvalue weighted by atomic mass is 9.33. The average Bonchev–Trinajstić information content (AvgIpc) is 1.76. The maximum Gasteiger partial charge on any atom is 0.252 e. The van der Waals surface area contributed by atoms with Gasteiger partial charge >= 0.3 is 0 Å². The molecule has 83 heavy (non-hydrogen) atoms. The highest BCUT2D eigenvalue weighted by Crippen LogP contribution is 2.64. The number of fused-ring (bicyclic) bond motifs is 8. The SMILES string of the molecule is CC(C)(C)c1ccc(N2c3cc(N4c5ccc(C(C)(C)C)cc5C5(c6ccccc6)CCCCC45C)ccc3B3c4cc5c(cc4N(c4ccc(C(C)(C)C)cc4-c4ccccc4)c4cc(C(C)(C)C)cc2c43)C(C)(C)CCC5(C)C)cc1. The highest BCUT2D eigenvalue weighted by molar-refractivity contribution is 7.00. The standard InChI is InChI=1S/C79H90BN3/c1-72(2,3)52-30-34-57(35-31-52)81-67-48-58(83-66-39-33-55(74(7,8)9)45-62(66)79(53-28-22-19-23-29-53)41-25-24-40-78(79,83)17)36-37-63(67)80-64-49-60-61(77(15,16)43-42-76(60,13)14)50-68(64)82(70-47-56(75(10,11)12)46-69(81)71(70)80)65-38-32-54(73(4,5)6)44-59(65)51-26-20-18-21-27-51/h18-23,26-39,44-50H,24-25,40-43H2,1-17H3. The molecule has 2 aliphatic carbocycles. The second-order valence-electron chi connectivity index (χ2n) is 31.5. The van der Waals surface area contributed by atoms with Gasteiger partial charge in [-0.1, -0.05) is 227 Å². The molecule has 3 aliphatic heterocycles. The zero-order valence-corrected chi connectivity index (χ0v) is 53.3. The molecule has 13 rings (SSSR count). The van der Waals surface area contributed by atoms with E-state index in [0.29, 0.717) is 0 Å². The topological polar surface area (TPSA) is 9.72 Å². The zero-order valence-electron chi connectivity index (χ0n) is 53.3. The van der Waals surface area contributed by atoms with Crippen LogP contribution in [-0.2, 0) is 37.9 Å². The van der Waals surface area contributed by atoms with Crippen LogP contribution in [0.25, 0.3) is 11.1 Å². The minimum absolute atomic E-state index is 0.00184. The van der Waals surface area contributed by atoms with E-state index >= 15 is 0 Å². The third-order valence-electron chi connectivity index (χ3n) is 21.0. The van der Waals surface area contributed by atoms with Gasteiger partial charge < -0.3 is 14.7 Å². The molecule has 0 saturated heterocycles. The number of benzene rings is 8. The zero-order chi connectivity index (χ0) is 58.8. The van der Waals surface area contributed by atoms with Crippen LogP contribution in [0.15, 0.2) is 164 Å². The fraction of sp³-hybridized carbons (Fsp3) is 0.392. The fourth-order valence-corrected chi connectivity index (χ4v) is 15.9. The van der Waals surface area contributed by atoms with Gasteiger partial charge in [0.25, 0.3) is 6.71 Å². The Labute approximate surface area is 499 Å². The Morgan fingerprint density at radius 2 is 0.892 bits per heavy atom. The molecule has 2 atom stereocenters. The molecule has 0 radical (unpaired) electrons. The van der Waals surface area contributed by atoms with Crippen molar-refractivity contribution in [3.05, 3.63) is 208 Å². The first-order valence-electron chi connectivity index (χ1n) is 31.5. The molecule has 0 amide bonds. The van der Waals surface area contributed by atoms with E-state index in [2.05, 4.69) is 296 Å². The van der Waals surface area contributed by atoms with Crippen LogP contribution < -0.4 is 31.1 Å². The molecule has 2 unspecified atom stereocenters. The summed E-state index contributed by atoms with van der Waals surface area (Å²) in [6.45, 7) is 41.0. The molecule has 0 spiro atoms. The van der Waals surface area contributed by atoms with Crippen molar-refractivity contribution in [1.82, 2.24) is 0 Å². The molecule has 0 aromatic heterocycles. The highest BCUT2D eigenvalue weighted by Gasteiger charge is 2.61. The van der Waals surface area contributed by atoms with Crippen LogP contribution in [0, 0.1) is 0 Å². The predicted molar refractivity (Wildman–Crippen MR) is 359 cm³/mol. The number of nitrogens with zero attached hydrogens (tertiary/aromatic N) is 3. The quantitative estimate of drug-likeness (QED) is 0.159. The average molecular weight is 1090 g/mol. The first kappa shape index (κ1) is 55.4. The van der Waals surface area contributed by atoms with Gasteiger partial charge in [-0.2, -0.15) is 0 Å². The monoisotopic (exact) mass is 1090 g/mol. The summed E-state index contributed by atoms with van der Waals surface area (Å²) in [5.74, 6) is 0. The second kappa shape index (κ2) is 18.6. The Balaban J connectivity index is 1.14. The van der Waals surface area contributed by atoms with Crippen LogP contribution in [-0.4, -0.2) is 12.3 Å². The Hall–Kier alpha value is -6.78. The van der Waals surface area contributed by atoms with Crippen LogP contribution in [0.4, 0.5) is 45.5 Å². The van der Waals surface area contributed by atoms with E-state index in [1.165, 1.54) is 130 Å². The number of anilines is 8. The van der Waals surface area contributed by atoms with Gasteiger partial charge in [0.15, 0.2) is 0 Å². The summed E-state index contributed by atoms with van der Waals surface area (Å²) in [6.07, 6.45) is 6.92. The van der Waals surface area contributed by atoms with Crippen LogP contribution in [0.2, 0.25) is 0 Å². The molecular weight excluding hydrogens is 1000 g/mol. The fourth-order valence-electron chi connectivity index (χ4n) is 15.9. The lowest BCUT2D eigenvalue weighted by molar-refractivity contribution is 0.215. The molecule has 424 valence electrons.